The molecule has 7 rings (SSSR count). The number of halogens is 1. The number of nitrogens with zero attached hydrogens (tertiary/aromatic N) is 4. The van der Waals surface area contributed by atoms with Gasteiger partial charge in [-0.05, 0) is 28.5 Å². The summed E-state index contributed by atoms with van der Waals surface area (Å²) >= 11 is 6.79. The molecule has 5 nitrogen and oxygen atoms in total. The van der Waals surface area contributed by atoms with Gasteiger partial charge < -0.3 is 4.74 Å². The highest BCUT2D eigenvalue weighted by Crippen LogP contribution is 2.51. The lowest BCUT2D eigenvalue weighted by Crippen LogP contribution is -2.15. The third-order valence-corrected chi connectivity index (χ3v) is 6.69. The van der Waals surface area contributed by atoms with Gasteiger partial charge in [-0.2, -0.15) is 0 Å². The molecule has 0 aliphatic carbocycles. The van der Waals surface area contributed by atoms with Gasteiger partial charge in [-0.25, -0.2) is 14.5 Å². The van der Waals surface area contributed by atoms with E-state index in [4.69, 9.17) is 26.4 Å². The highest BCUT2D eigenvalue weighted by Gasteiger charge is 2.35. The van der Waals surface area contributed by atoms with E-state index in [1.54, 1.807) is 10.8 Å². The van der Waals surface area contributed by atoms with E-state index >= 15 is 0 Å². The Bertz CT molecular complexity index is 1710. The topological polar surface area (TPSA) is 52.3 Å². The molecule has 34 heavy (non-hydrogen) atoms. The quantitative estimate of drug-likeness (QED) is 0.282. The SMILES string of the molecule is Clc1ccccc1C1c2c(ccc3ccccc23)Oc2ncn3nc(-c4ccccc4)nc3c21. The van der Waals surface area contributed by atoms with E-state index in [0.717, 1.165) is 38.8 Å². The van der Waals surface area contributed by atoms with Crippen LogP contribution in [-0.2, 0) is 0 Å². The average molecular weight is 461 g/mol. The van der Waals surface area contributed by atoms with Crippen LogP contribution in [0.15, 0.2) is 97.3 Å². The zero-order valence-electron chi connectivity index (χ0n) is 17.9. The summed E-state index contributed by atoms with van der Waals surface area (Å²) in [6, 6.07) is 30.3. The van der Waals surface area contributed by atoms with Gasteiger partial charge in [-0.1, -0.05) is 90.5 Å². The Morgan fingerprint density at radius 1 is 0.794 bits per heavy atom. The molecular formula is C28H17ClN4O. The molecule has 0 spiro atoms. The van der Waals surface area contributed by atoms with Crippen LogP contribution in [0.4, 0.5) is 0 Å². The van der Waals surface area contributed by atoms with Crippen LogP contribution in [0.2, 0.25) is 5.02 Å². The van der Waals surface area contributed by atoms with Crippen molar-refractivity contribution in [3.8, 4) is 23.0 Å². The first-order valence-corrected chi connectivity index (χ1v) is 11.4. The summed E-state index contributed by atoms with van der Waals surface area (Å²) in [6.45, 7) is 0. The fourth-order valence-corrected chi connectivity index (χ4v) is 5.08. The van der Waals surface area contributed by atoms with Gasteiger partial charge in [-0.15, -0.1) is 5.10 Å². The van der Waals surface area contributed by atoms with Crippen molar-refractivity contribution >= 4 is 28.0 Å². The Morgan fingerprint density at radius 3 is 2.47 bits per heavy atom. The number of hydrogen-bond donors (Lipinski definition) is 0. The minimum Gasteiger partial charge on any atom is -0.438 e. The summed E-state index contributed by atoms with van der Waals surface area (Å²) in [5, 5.41) is 7.65. The zero-order valence-corrected chi connectivity index (χ0v) is 18.6. The molecule has 0 radical (unpaired) electrons. The number of ether oxygens (including phenoxy) is 1. The first-order chi connectivity index (χ1) is 16.8. The van der Waals surface area contributed by atoms with E-state index in [9.17, 15) is 0 Å². The lowest BCUT2D eigenvalue weighted by Gasteiger charge is -2.29. The van der Waals surface area contributed by atoms with E-state index in [0.29, 0.717) is 22.4 Å². The maximum atomic E-state index is 6.79. The summed E-state index contributed by atoms with van der Waals surface area (Å²) in [7, 11) is 0. The van der Waals surface area contributed by atoms with Crippen molar-refractivity contribution in [3.05, 3.63) is 119 Å². The van der Waals surface area contributed by atoms with Crippen LogP contribution in [0.5, 0.6) is 11.6 Å². The number of hydrogen-bond acceptors (Lipinski definition) is 4. The summed E-state index contributed by atoms with van der Waals surface area (Å²) in [5.41, 5.74) is 4.53. The molecule has 1 aliphatic rings. The Kier molecular flexibility index (Phi) is 4.19. The summed E-state index contributed by atoms with van der Waals surface area (Å²) in [5.74, 6) is 1.71. The van der Waals surface area contributed by atoms with E-state index < -0.39 is 0 Å². The molecule has 0 amide bonds. The molecule has 1 aliphatic heterocycles. The minimum absolute atomic E-state index is 0.220. The zero-order chi connectivity index (χ0) is 22.6. The number of aromatic nitrogens is 4. The maximum Gasteiger partial charge on any atom is 0.228 e. The van der Waals surface area contributed by atoms with E-state index in [1.165, 1.54) is 0 Å². The van der Waals surface area contributed by atoms with Gasteiger partial charge in [0.2, 0.25) is 5.88 Å². The second-order valence-electron chi connectivity index (χ2n) is 8.29. The van der Waals surface area contributed by atoms with Crippen molar-refractivity contribution in [2.45, 2.75) is 5.92 Å². The maximum absolute atomic E-state index is 6.79. The molecule has 1 unspecified atom stereocenters. The minimum atomic E-state index is -0.220. The molecule has 0 saturated heterocycles. The predicted molar refractivity (Wildman–Crippen MR) is 133 cm³/mol. The molecule has 0 fully saturated rings. The average Bonchev–Trinajstić information content (AvgIpc) is 3.33. The van der Waals surface area contributed by atoms with Crippen LogP contribution in [0.1, 0.15) is 22.6 Å². The van der Waals surface area contributed by atoms with Gasteiger partial charge in [-0.3, -0.25) is 0 Å². The lowest BCUT2D eigenvalue weighted by molar-refractivity contribution is 0.433. The molecule has 6 heteroatoms. The Morgan fingerprint density at radius 2 is 1.59 bits per heavy atom. The largest absolute Gasteiger partial charge is 0.438 e. The smallest absolute Gasteiger partial charge is 0.228 e. The molecule has 162 valence electrons. The summed E-state index contributed by atoms with van der Waals surface area (Å²) < 4.78 is 8.09. The molecule has 4 aromatic carbocycles. The molecule has 6 aromatic rings. The van der Waals surface area contributed by atoms with Gasteiger partial charge in [0.15, 0.2) is 11.5 Å². The Balaban J connectivity index is 1.57. The lowest BCUT2D eigenvalue weighted by atomic mass is 9.81. The normalized spacial score (nSPS) is 14.6. The molecule has 1 atom stereocenters. The van der Waals surface area contributed by atoms with Gasteiger partial charge in [0.05, 0.1) is 5.56 Å². The van der Waals surface area contributed by atoms with Crippen molar-refractivity contribution in [3.63, 3.8) is 0 Å². The fraction of sp³-hybridized carbons (Fsp3) is 0.0357. The molecule has 0 bridgehead atoms. The number of benzene rings is 4. The second kappa shape index (κ2) is 7.40. The van der Waals surface area contributed by atoms with Crippen LogP contribution in [0, 0.1) is 0 Å². The van der Waals surface area contributed by atoms with E-state index in [2.05, 4.69) is 29.2 Å². The van der Waals surface area contributed by atoms with E-state index in [1.807, 2.05) is 66.7 Å². The fourth-order valence-electron chi connectivity index (χ4n) is 4.83. The summed E-state index contributed by atoms with van der Waals surface area (Å²) in [4.78, 5) is 9.58. The van der Waals surface area contributed by atoms with Crippen LogP contribution in [0.25, 0.3) is 27.8 Å². The van der Waals surface area contributed by atoms with Crippen molar-refractivity contribution < 1.29 is 4.74 Å². The number of fused-ring (bicyclic) bond motifs is 6. The Labute approximate surface area is 200 Å². The van der Waals surface area contributed by atoms with E-state index in [-0.39, 0.29) is 5.92 Å². The monoisotopic (exact) mass is 460 g/mol. The third-order valence-electron chi connectivity index (χ3n) is 6.35. The van der Waals surface area contributed by atoms with Crippen LogP contribution in [0.3, 0.4) is 0 Å². The van der Waals surface area contributed by atoms with Gasteiger partial charge in [0.25, 0.3) is 0 Å². The third kappa shape index (κ3) is 2.84. The van der Waals surface area contributed by atoms with Crippen molar-refractivity contribution in [2.24, 2.45) is 0 Å². The van der Waals surface area contributed by atoms with Gasteiger partial charge in [0.1, 0.15) is 12.1 Å². The molecule has 3 heterocycles. The van der Waals surface area contributed by atoms with Crippen LogP contribution >= 0.6 is 11.6 Å². The second-order valence-corrected chi connectivity index (χ2v) is 8.70. The first kappa shape index (κ1) is 19.3. The van der Waals surface area contributed by atoms with Crippen molar-refractivity contribution in [2.75, 3.05) is 0 Å². The van der Waals surface area contributed by atoms with Crippen molar-refractivity contribution in [1.29, 1.82) is 0 Å². The van der Waals surface area contributed by atoms with Crippen LogP contribution in [-0.4, -0.2) is 19.6 Å². The summed E-state index contributed by atoms with van der Waals surface area (Å²) in [6.07, 6.45) is 1.66. The molecule has 0 saturated carbocycles. The van der Waals surface area contributed by atoms with Crippen LogP contribution < -0.4 is 4.74 Å². The highest BCUT2D eigenvalue weighted by molar-refractivity contribution is 6.31. The molecule has 0 N–H and O–H groups in total. The first-order valence-electron chi connectivity index (χ1n) is 11.0. The highest BCUT2D eigenvalue weighted by atomic mass is 35.5. The molecular weight excluding hydrogens is 444 g/mol. The predicted octanol–water partition coefficient (Wildman–Crippen LogP) is 6.88. The Hall–Kier alpha value is -4.22. The van der Waals surface area contributed by atoms with Crippen molar-refractivity contribution in [1.82, 2.24) is 19.6 Å². The standard InChI is InChI=1S/C28H17ClN4O/c29-21-13-7-6-12-20(21)24-23-19-11-5-4-8-17(19)14-15-22(23)34-28-25(24)27-31-26(32-33(27)16-30-28)18-9-2-1-3-10-18/h1-16,24H. The van der Waals surface area contributed by atoms with Gasteiger partial charge in [0, 0.05) is 22.1 Å². The number of rotatable bonds is 2. The molecule has 2 aromatic heterocycles. The van der Waals surface area contributed by atoms with Gasteiger partial charge >= 0.3 is 0 Å².